The number of methoxy groups -OCH3 is 2. The van der Waals surface area contributed by atoms with E-state index < -0.39 is 11.9 Å². The quantitative estimate of drug-likeness (QED) is 0.753. The first kappa shape index (κ1) is 18.0. The number of carbonyl (C=O) groups excluding carboxylic acids is 2. The summed E-state index contributed by atoms with van der Waals surface area (Å²) < 4.78 is 16.6. The minimum atomic E-state index is -0.666. The molecular weight excluding hydrogens is 362 g/mol. The van der Waals surface area contributed by atoms with E-state index in [9.17, 15) is 9.59 Å². The molecular formula is C17H16ClN3O5. The zero-order valence-corrected chi connectivity index (χ0v) is 14.9. The second kappa shape index (κ2) is 7.59. The Morgan fingerprint density at radius 1 is 1.23 bits per heavy atom. The second-order valence-electron chi connectivity index (χ2n) is 5.30. The normalized spacial score (nSPS) is 14.3. The summed E-state index contributed by atoms with van der Waals surface area (Å²) in [6, 6.07) is 6.94. The molecule has 0 saturated heterocycles. The number of aromatic nitrogens is 2. The molecule has 26 heavy (non-hydrogen) atoms. The van der Waals surface area contributed by atoms with E-state index in [0.717, 1.165) is 0 Å². The monoisotopic (exact) mass is 377 g/mol. The lowest BCUT2D eigenvalue weighted by molar-refractivity contribution is -0.140. The van der Waals surface area contributed by atoms with Crippen LogP contribution in [0.5, 0.6) is 0 Å². The standard InChI is InChI=1S/C17H16ClN3O5/c1-24-16(22)12-9-26-10-20(15(12)17(23)25-2)11-4-5-14(13(18)8-11)21-7-3-6-19-21/h3-8H,9-10H2,1-2H3. The largest absolute Gasteiger partial charge is 0.466 e. The molecule has 2 aromatic rings. The van der Waals surface area contributed by atoms with Gasteiger partial charge < -0.3 is 19.1 Å². The van der Waals surface area contributed by atoms with E-state index in [1.54, 1.807) is 41.3 Å². The van der Waals surface area contributed by atoms with Crippen molar-refractivity contribution in [2.75, 3.05) is 32.5 Å². The molecule has 3 rings (SSSR count). The third-order valence-electron chi connectivity index (χ3n) is 3.83. The molecule has 8 nitrogen and oxygen atoms in total. The highest BCUT2D eigenvalue weighted by molar-refractivity contribution is 6.32. The Balaban J connectivity index is 2.05. The molecule has 136 valence electrons. The summed E-state index contributed by atoms with van der Waals surface area (Å²) >= 11 is 6.38. The Morgan fingerprint density at radius 3 is 2.62 bits per heavy atom. The predicted octanol–water partition coefficient (Wildman–Crippen LogP) is 1.92. The van der Waals surface area contributed by atoms with E-state index in [1.165, 1.54) is 19.1 Å². The zero-order chi connectivity index (χ0) is 18.7. The Bertz CT molecular complexity index is 863. The molecule has 9 heteroatoms. The Kier molecular flexibility index (Phi) is 5.24. The third kappa shape index (κ3) is 3.29. The van der Waals surface area contributed by atoms with Gasteiger partial charge in [-0.15, -0.1) is 0 Å². The first-order chi connectivity index (χ1) is 12.6. The molecule has 2 heterocycles. The van der Waals surface area contributed by atoms with Gasteiger partial charge in [0.25, 0.3) is 0 Å². The van der Waals surface area contributed by atoms with Crippen molar-refractivity contribution in [1.82, 2.24) is 9.78 Å². The van der Waals surface area contributed by atoms with Crippen LogP contribution in [0, 0.1) is 0 Å². The van der Waals surface area contributed by atoms with E-state index in [1.807, 2.05) is 0 Å². The molecule has 1 aliphatic heterocycles. The van der Waals surface area contributed by atoms with Gasteiger partial charge >= 0.3 is 11.9 Å². The Labute approximate surface area is 154 Å². The highest BCUT2D eigenvalue weighted by Gasteiger charge is 2.32. The fourth-order valence-electron chi connectivity index (χ4n) is 2.61. The van der Waals surface area contributed by atoms with Crippen molar-refractivity contribution in [1.29, 1.82) is 0 Å². The summed E-state index contributed by atoms with van der Waals surface area (Å²) in [4.78, 5) is 25.8. The van der Waals surface area contributed by atoms with Crippen molar-refractivity contribution in [3.05, 3.63) is 53.0 Å². The van der Waals surface area contributed by atoms with Gasteiger partial charge in [0.2, 0.25) is 0 Å². The van der Waals surface area contributed by atoms with Crippen molar-refractivity contribution in [3.63, 3.8) is 0 Å². The van der Waals surface area contributed by atoms with Crippen LogP contribution in [0.15, 0.2) is 47.9 Å². The Morgan fingerprint density at radius 2 is 2.00 bits per heavy atom. The molecule has 1 aromatic carbocycles. The van der Waals surface area contributed by atoms with Crippen LogP contribution in [-0.4, -0.2) is 49.3 Å². The molecule has 1 aromatic heterocycles. The second-order valence-corrected chi connectivity index (χ2v) is 5.71. The molecule has 0 spiro atoms. The first-order valence-corrected chi connectivity index (χ1v) is 7.99. The molecule has 0 aliphatic carbocycles. The number of benzene rings is 1. The van der Waals surface area contributed by atoms with Gasteiger partial charge in [0.15, 0.2) is 0 Å². The van der Waals surface area contributed by atoms with Crippen molar-refractivity contribution < 1.29 is 23.8 Å². The van der Waals surface area contributed by atoms with Gasteiger partial charge in [-0.25, -0.2) is 14.3 Å². The lowest BCUT2D eigenvalue weighted by Crippen LogP contribution is -2.38. The average molecular weight is 378 g/mol. The summed E-state index contributed by atoms with van der Waals surface area (Å²) in [5, 5.41) is 4.56. The maximum atomic E-state index is 12.3. The molecule has 0 saturated carbocycles. The summed E-state index contributed by atoms with van der Waals surface area (Å²) in [5.41, 5.74) is 1.38. The SMILES string of the molecule is COC(=O)C1=C(C(=O)OC)N(c2ccc(-n3cccn3)c(Cl)c2)COC1. The number of esters is 2. The average Bonchev–Trinajstić information content (AvgIpc) is 3.20. The van der Waals surface area contributed by atoms with Gasteiger partial charge in [0.1, 0.15) is 12.4 Å². The van der Waals surface area contributed by atoms with Crippen LogP contribution in [0.1, 0.15) is 0 Å². The number of carbonyl (C=O) groups is 2. The van der Waals surface area contributed by atoms with Crippen LogP contribution in [0.2, 0.25) is 5.02 Å². The molecule has 0 radical (unpaired) electrons. The lowest BCUT2D eigenvalue weighted by Gasteiger charge is -2.31. The van der Waals surface area contributed by atoms with E-state index >= 15 is 0 Å². The molecule has 0 atom stereocenters. The minimum absolute atomic E-state index is 0.0489. The number of anilines is 1. The fraction of sp³-hybridized carbons (Fsp3) is 0.235. The van der Waals surface area contributed by atoms with E-state index in [2.05, 4.69) is 5.10 Å². The smallest absolute Gasteiger partial charge is 0.355 e. The van der Waals surface area contributed by atoms with Crippen molar-refractivity contribution in [2.24, 2.45) is 0 Å². The number of ether oxygens (including phenoxy) is 3. The maximum Gasteiger partial charge on any atom is 0.355 e. The van der Waals surface area contributed by atoms with Gasteiger partial charge in [-0.3, -0.25) is 0 Å². The van der Waals surface area contributed by atoms with Crippen LogP contribution < -0.4 is 4.90 Å². The predicted molar refractivity (Wildman–Crippen MR) is 92.9 cm³/mol. The van der Waals surface area contributed by atoms with Gasteiger partial charge in [-0.1, -0.05) is 11.6 Å². The summed E-state index contributed by atoms with van der Waals surface area (Å²) in [6.07, 6.45) is 3.41. The zero-order valence-electron chi connectivity index (χ0n) is 14.1. The number of nitrogens with zero attached hydrogens (tertiary/aromatic N) is 3. The van der Waals surface area contributed by atoms with Gasteiger partial charge in [-0.05, 0) is 24.3 Å². The fourth-order valence-corrected chi connectivity index (χ4v) is 2.87. The van der Waals surface area contributed by atoms with E-state index in [4.69, 9.17) is 25.8 Å². The van der Waals surface area contributed by atoms with Crippen molar-refractivity contribution in [2.45, 2.75) is 0 Å². The molecule has 0 N–H and O–H groups in total. The molecule has 0 fully saturated rings. The topological polar surface area (TPSA) is 82.9 Å². The van der Waals surface area contributed by atoms with Gasteiger partial charge in [0, 0.05) is 18.1 Å². The number of rotatable bonds is 4. The van der Waals surface area contributed by atoms with Gasteiger partial charge in [0.05, 0.1) is 37.1 Å². The van der Waals surface area contributed by atoms with Crippen LogP contribution in [0.4, 0.5) is 5.69 Å². The Hall–Kier alpha value is -2.84. The molecule has 0 amide bonds. The number of halogens is 1. The highest BCUT2D eigenvalue weighted by atomic mass is 35.5. The van der Waals surface area contributed by atoms with Crippen LogP contribution in [0.25, 0.3) is 5.69 Å². The number of hydrogen-bond donors (Lipinski definition) is 0. The van der Waals surface area contributed by atoms with Crippen molar-refractivity contribution >= 4 is 29.2 Å². The summed E-state index contributed by atoms with van der Waals surface area (Å²) in [6.45, 7) is 0.00901. The highest BCUT2D eigenvalue weighted by Crippen LogP contribution is 2.31. The molecule has 0 unspecified atom stereocenters. The maximum absolute atomic E-state index is 12.3. The molecule has 1 aliphatic rings. The van der Waals surface area contributed by atoms with E-state index in [0.29, 0.717) is 16.4 Å². The minimum Gasteiger partial charge on any atom is -0.466 e. The molecule has 0 bridgehead atoms. The van der Waals surface area contributed by atoms with Gasteiger partial charge in [-0.2, -0.15) is 5.10 Å². The number of hydrogen-bond acceptors (Lipinski definition) is 7. The van der Waals surface area contributed by atoms with Crippen LogP contribution in [0.3, 0.4) is 0 Å². The van der Waals surface area contributed by atoms with E-state index in [-0.39, 0.29) is 24.6 Å². The van der Waals surface area contributed by atoms with Crippen LogP contribution >= 0.6 is 11.6 Å². The third-order valence-corrected chi connectivity index (χ3v) is 4.13. The van der Waals surface area contributed by atoms with Crippen LogP contribution in [-0.2, 0) is 23.8 Å². The van der Waals surface area contributed by atoms with Crippen molar-refractivity contribution in [3.8, 4) is 5.69 Å². The summed E-state index contributed by atoms with van der Waals surface area (Å²) in [5.74, 6) is -1.32. The lowest BCUT2D eigenvalue weighted by atomic mass is 10.1. The summed E-state index contributed by atoms with van der Waals surface area (Å²) in [7, 11) is 2.48. The first-order valence-electron chi connectivity index (χ1n) is 7.61.